The van der Waals surface area contributed by atoms with E-state index >= 15 is 0 Å². The van der Waals surface area contributed by atoms with Crippen LogP contribution in [0.5, 0.6) is 0 Å². The van der Waals surface area contributed by atoms with E-state index in [0.29, 0.717) is 5.56 Å². The van der Waals surface area contributed by atoms with Crippen molar-refractivity contribution in [3.05, 3.63) is 98.7 Å². The van der Waals surface area contributed by atoms with Crippen LogP contribution in [-0.2, 0) is 0 Å². The largest absolute Gasteiger partial charge is 0.289 e. The molecule has 0 amide bonds. The number of hydrogen-bond donors (Lipinski definition) is 0. The van der Waals surface area contributed by atoms with E-state index in [2.05, 4.69) is 31.9 Å². The first kappa shape index (κ1) is 17.8. The summed E-state index contributed by atoms with van der Waals surface area (Å²) in [5, 5.41) is 0. The van der Waals surface area contributed by atoms with Gasteiger partial charge in [-0.1, -0.05) is 62.2 Å². The summed E-state index contributed by atoms with van der Waals surface area (Å²) in [5.74, 6) is -0.364. The van der Waals surface area contributed by atoms with Gasteiger partial charge >= 0.3 is 0 Å². The lowest BCUT2D eigenvalue weighted by atomic mass is 10.0. The second-order valence-electron chi connectivity index (χ2n) is 5.42. The summed E-state index contributed by atoms with van der Waals surface area (Å²) in [6.45, 7) is 0. The van der Waals surface area contributed by atoms with Gasteiger partial charge in [0, 0.05) is 14.5 Å². The van der Waals surface area contributed by atoms with Crippen LogP contribution in [0.4, 0.5) is 4.39 Å². The highest BCUT2D eigenvalue weighted by atomic mass is 79.9. The summed E-state index contributed by atoms with van der Waals surface area (Å²) in [6, 6.07) is 19.5. The number of benzene rings is 3. The summed E-state index contributed by atoms with van der Waals surface area (Å²) < 4.78 is 15.1. The molecule has 0 aliphatic carbocycles. The van der Waals surface area contributed by atoms with Crippen LogP contribution < -0.4 is 0 Å². The van der Waals surface area contributed by atoms with Crippen LogP contribution in [0.15, 0.2) is 81.8 Å². The Balaban J connectivity index is 1.91. The third-order valence-corrected chi connectivity index (χ3v) is 5.12. The van der Waals surface area contributed by atoms with Crippen molar-refractivity contribution in [1.82, 2.24) is 0 Å². The molecule has 3 aromatic rings. The molecule has 0 aliphatic rings. The van der Waals surface area contributed by atoms with E-state index in [4.69, 9.17) is 0 Å². The summed E-state index contributed by atoms with van der Waals surface area (Å²) in [6.07, 6.45) is 3.30. The second-order valence-corrected chi connectivity index (χ2v) is 7.13. The zero-order valence-electron chi connectivity index (χ0n) is 13.0. The first-order valence-electron chi connectivity index (χ1n) is 7.57. The van der Waals surface area contributed by atoms with Crippen molar-refractivity contribution >= 4 is 43.7 Å². The molecular formula is C21H13Br2FO. The molecule has 0 N–H and O–H groups in total. The molecule has 0 aliphatic heterocycles. The van der Waals surface area contributed by atoms with Gasteiger partial charge in [-0.15, -0.1) is 0 Å². The van der Waals surface area contributed by atoms with Gasteiger partial charge < -0.3 is 0 Å². The average Bonchev–Trinajstić information content (AvgIpc) is 2.61. The Kier molecular flexibility index (Phi) is 5.61. The third kappa shape index (κ3) is 4.33. The van der Waals surface area contributed by atoms with Gasteiger partial charge in [0.25, 0.3) is 0 Å². The number of halogens is 3. The van der Waals surface area contributed by atoms with E-state index in [9.17, 15) is 9.18 Å². The van der Waals surface area contributed by atoms with Crippen LogP contribution in [0, 0.1) is 5.82 Å². The van der Waals surface area contributed by atoms with Crippen molar-refractivity contribution in [2.45, 2.75) is 0 Å². The SMILES string of the molecule is O=C(/C=C/c1cc(-c2cccc(F)c2)ccc1Br)c1ccccc1Br. The minimum absolute atomic E-state index is 0.0875. The van der Waals surface area contributed by atoms with Crippen molar-refractivity contribution in [3.8, 4) is 11.1 Å². The fraction of sp³-hybridized carbons (Fsp3) is 0. The maximum atomic E-state index is 13.4. The van der Waals surface area contributed by atoms with Gasteiger partial charge in [0.05, 0.1) is 0 Å². The molecule has 3 aromatic carbocycles. The maximum Gasteiger partial charge on any atom is 0.186 e. The summed E-state index contributed by atoms with van der Waals surface area (Å²) in [7, 11) is 0. The van der Waals surface area contributed by atoms with E-state index in [1.54, 1.807) is 18.2 Å². The molecule has 1 nitrogen and oxygen atoms in total. The van der Waals surface area contributed by atoms with E-state index in [0.717, 1.165) is 25.6 Å². The number of carbonyl (C=O) groups is 1. The highest BCUT2D eigenvalue weighted by Gasteiger charge is 2.07. The Morgan fingerprint density at radius 1 is 0.840 bits per heavy atom. The van der Waals surface area contributed by atoms with Gasteiger partial charge in [0.1, 0.15) is 5.82 Å². The van der Waals surface area contributed by atoms with Crippen molar-refractivity contribution < 1.29 is 9.18 Å². The molecule has 25 heavy (non-hydrogen) atoms. The van der Waals surface area contributed by atoms with Gasteiger partial charge in [-0.3, -0.25) is 4.79 Å². The first-order valence-corrected chi connectivity index (χ1v) is 9.15. The van der Waals surface area contributed by atoms with Crippen LogP contribution in [0.25, 0.3) is 17.2 Å². The molecular weight excluding hydrogens is 447 g/mol. The molecule has 0 spiro atoms. The lowest BCUT2D eigenvalue weighted by Gasteiger charge is -2.06. The molecule has 0 radical (unpaired) electrons. The lowest BCUT2D eigenvalue weighted by molar-refractivity contribution is 0.104. The quantitative estimate of drug-likeness (QED) is 0.306. The lowest BCUT2D eigenvalue weighted by Crippen LogP contribution is -1.95. The van der Waals surface area contributed by atoms with Gasteiger partial charge in [0.2, 0.25) is 0 Å². The summed E-state index contributed by atoms with van der Waals surface area (Å²) in [4.78, 5) is 12.4. The van der Waals surface area contributed by atoms with Crippen LogP contribution in [0.3, 0.4) is 0 Å². The molecule has 0 fully saturated rings. The Morgan fingerprint density at radius 2 is 1.60 bits per heavy atom. The van der Waals surface area contributed by atoms with E-state index in [-0.39, 0.29) is 11.6 Å². The number of hydrogen-bond acceptors (Lipinski definition) is 1. The highest BCUT2D eigenvalue weighted by Crippen LogP contribution is 2.27. The van der Waals surface area contributed by atoms with Crippen LogP contribution in [0.2, 0.25) is 0 Å². The normalized spacial score (nSPS) is 11.0. The van der Waals surface area contributed by atoms with E-state index in [1.807, 2.05) is 42.5 Å². The first-order chi connectivity index (χ1) is 12.0. The fourth-order valence-electron chi connectivity index (χ4n) is 2.44. The van der Waals surface area contributed by atoms with Gasteiger partial charge in [0.15, 0.2) is 5.78 Å². The van der Waals surface area contributed by atoms with Crippen LogP contribution in [-0.4, -0.2) is 5.78 Å². The van der Waals surface area contributed by atoms with Gasteiger partial charge in [-0.2, -0.15) is 0 Å². The smallest absolute Gasteiger partial charge is 0.186 e. The van der Waals surface area contributed by atoms with Crippen molar-refractivity contribution in [1.29, 1.82) is 0 Å². The van der Waals surface area contributed by atoms with Crippen LogP contribution >= 0.6 is 31.9 Å². The Bertz CT molecular complexity index is 964. The van der Waals surface area contributed by atoms with Crippen molar-refractivity contribution in [2.75, 3.05) is 0 Å². The minimum atomic E-state index is -0.276. The third-order valence-electron chi connectivity index (χ3n) is 3.71. The molecule has 124 valence electrons. The van der Waals surface area contributed by atoms with Gasteiger partial charge in [-0.05, 0) is 65.2 Å². The molecule has 3 rings (SSSR count). The Morgan fingerprint density at radius 3 is 2.36 bits per heavy atom. The fourth-order valence-corrected chi connectivity index (χ4v) is 3.29. The van der Waals surface area contributed by atoms with Crippen LogP contribution in [0.1, 0.15) is 15.9 Å². The minimum Gasteiger partial charge on any atom is -0.289 e. The highest BCUT2D eigenvalue weighted by molar-refractivity contribution is 9.10. The molecule has 4 heteroatoms. The molecule has 0 bridgehead atoms. The molecule has 0 unspecified atom stereocenters. The number of carbonyl (C=O) groups excluding carboxylic acids is 1. The molecule has 0 aromatic heterocycles. The van der Waals surface area contributed by atoms with Gasteiger partial charge in [-0.25, -0.2) is 4.39 Å². The summed E-state index contributed by atoms with van der Waals surface area (Å²) in [5.41, 5.74) is 3.13. The Hall–Kier alpha value is -2.04. The molecule has 0 atom stereocenters. The monoisotopic (exact) mass is 458 g/mol. The predicted octanol–water partition coefficient (Wildman–Crippen LogP) is 6.91. The van der Waals surface area contributed by atoms with E-state index in [1.165, 1.54) is 18.2 Å². The second kappa shape index (κ2) is 7.89. The molecule has 0 heterocycles. The van der Waals surface area contributed by atoms with Crippen molar-refractivity contribution in [3.63, 3.8) is 0 Å². The molecule has 0 saturated heterocycles. The number of allylic oxidation sites excluding steroid dienone is 1. The van der Waals surface area contributed by atoms with E-state index < -0.39 is 0 Å². The predicted molar refractivity (Wildman–Crippen MR) is 107 cm³/mol. The zero-order valence-corrected chi connectivity index (χ0v) is 16.2. The Labute approximate surface area is 162 Å². The summed E-state index contributed by atoms with van der Waals surface area (Å²) >= 11 is 6.88. The molecule has 0 saturated carbocycles. The number of ketones is 1. The average molecular weight is 460 g/mol. The topological polar surface area (TPSA) is 17.1 Å². The van der Waals surface area contributed by atoms with Crippen molar-refractivity contribution in [2.24, 2.45) is 0 Å². The standard InChI is InChI=1S/C21H13Br2FO/c22-19-10-8-15(14-4-3-5-17(24)13-14)12-16(19)9-11-21(25)18-6-1-2-7-20(18)23/h1-13H/b11-9+. The zero-order chi connectivity index (χ0) is 17.8. The number of rotatable bonds is 4. The maximum absolute atomic E-state index is 13.4.